The summed E-state index contributed by atoms with van der Waals surface area (Å²) in [5.74, 6) is 1.47. The second-order valence-electron chi connectivity index (χ2n) is 6.23. The average Bonchev–Trinajstić information content (AvgIpc) is 2.11. The van der Waals surface area contributed by atoms with E-state index < -0.39 is 16.6 Å². The monoisotopic (exact) mass is 279 g/mol. The summed E-state index contributed by atoms with van der Waals surface area (Å²) in [6.45, 7) is 12.7. The first kappa shape index (κ1) is 14.8. The van der Waals surface area contributed by atoms with Gasteiger partial charge in [-0.1, -0.05) is 0 Å². The molecule has 1 rings (SSSR count). The second-order valence-corrected chi connectivity index (χ2v) is 15.1. The quantitative estimate of drug-likeness (QED) is 0.783. The minimum atomic E-state index is -1.67. The first-order valence-corrected chi connectivity index (χ1v) is 12.8. The van der Waals surface area contributed by atoms with Gasteiger partial charge in [0, 0.05) is 6.07 Å². The van der Waals surface area contributed by atoms with E-state index in [-0.39, 0.29) is 0 Å². The van der Waals surface area contributed by atoms with Crippen LogP contribution in [-0.4, -0.2) is 16.6 Å². The Bertz CT molecular complexity index is 433. The van der Waals surface area contributed by atoms with Gasteiger partial charge in [-0.25, -0.2) is 0 Å². The van der Waals surface area contributed by atoms with Crippen molar-refractivity contribution in [1.82, 2.24) is 0 Å². The van der Waals surface area contributed by atoms with Crippen molar-refractivity contribution in [2.24, 2.45) is 0 Å². The maximum atomic E-state index is 9.04. The summed E-state index contributed by atoms with van der Waals surface area (Å²) >= 11 is 0. The predicted octanol–water partition coefficient (Wildman–Crippen LogP) is 3.99. The molecule has 5 heteroatoms. The Hall–Kier alpha value is -1.26. The van der Waals surface area contributed by atoms with Crippen molar-refractivity contribution in [3.8, 4) is 17.6 Å². The molecule has 0 unspecified atom stereocenters. The molecule has 0 amide bonds. The molecule has 0 bridgehead atoms. The average molecular weight is 279 g/mol. The normalized spacial score (nSPS) is 11.8. The van der Waals surface area contributed by atoms with Crippen molar-refractivity contribution in [2.75, 3.05) is 0 Å². The van der Waals surface area contributed by atoms with E-state index in [9.17, 15) is 0 Å². The Kier molecular flexibility index (Phi) is 4.25. The third kappa shape index (κ3) is 5.38. The van der Waals surface area contributed by atoms with Gasteiger partial charge in [0.1, 0.15) is 11.5 Å². The first-order chi connectivity index (χ1) is 8.09. The fraction of sp³-hybridized carbons (Fsp3) is 0.462. The molecule has 0 fully saturated rings. The Labute approximate surface area is 112 Å². The molecule has 0 aliphatic rings. The second kappa shape index (κ2) is 5.16. The predicted molar refractivity (Wildman–Crippen MR) is 79.1 cm³/mol. The van der Waals surface area contributed by atoms with Crippen LogP contribution in [0.15, 0.2) is 18.2 Å². The van der Waals surface area contributed by atoms with Crippen molar-refractivity contribution in [3.05, 3.63) is 23.8 Å². The highest BCUT2D eigenvalue weighted by atomic mass is 28.4. The number of benzene rings is 1. The maximum absolute atomic E-state index is 9.04. The van der Waals surface area contributed by atoms with Crippen LogP contribution in [-0.2, 0) is 0 Å². The zero-order chi connectivity index (χ0) is 14.0. The highest BCUT2D eigenvalue weighted by Gasteiger charge is 2.20. The molecular formula is C13H21NO2Si2. The Morgan fingerprint density at radius 2 is 1.22 bits per heavy atom. The smallest absolute Gasteiger partial charge is 0.242 e. The summed E-state index contributed by atoms with van der Waals surface area (Å²) in [4.78, 5) is 0. The summed E-state index contributed by atoms with van der Waals surface area (Å²) < 4.78 is 11.8. The lowest BCUT2D eigenvalue weighted by atomic mass is 10.2. The molecule has 0 radical (unpaired) electrons. The van der Waals surface area contributed by atoms with Crippen LogP contribution in [0.1, 0.15) is 5.56 Å². The van der Waals surface area contributed by atoms with Crippen LogP contribution in [0.4, 0.5) is 0 Å². The van der Waals surface area contributed by atoms with Gasteiger partial charge < -0.3 is 8.85 Å². The van der Waals surface area contributed by atoms with E-state index in [1.54, 1.807) is 12.1 Å². The summed E-state index contributed by atoms with van der Waals surface area (Å²) in [5.41, 5.74) is 0.582. The van der Waals surface area contributed by atoms with Crippen molar-refractivity contribution < 1.29 is 8.85 Å². The molecule has 0 heterocycles. The van der Waals surface area contributed by atoms with E-state index in [1.165, 1.54) is 0 Å². The summed E-state index contributed by atoms with van der Waals surface area (Å²) in [5, 5.41) is 9.04. The summed E-state index contributed by atoms with van der Waals surface area (Å²) in [7, 11) is -3.34. The van der Waals surface area contributed by atoms with Crippen LogP contribution in [0, 0.1) is 11.3 Å². The van der Waals surface area contributed by atoms with E-state index >= 15 is 0 Å². The number of hydrogen-bond donors (Lipinski definition) is 0. The van der Waals surface area contributed by atoms with Crippen LogP contribution >= 0.6 is 0 Å². The lowest BCUT2D eigenvalue weighted by molar-refractivity contribution is 0.533. The van der Waals surface area contributed by atoms with E-state index in [2.05, 4.69) is 45.4 Å². The standard InChI is InChI=1S/C13H21NO2Si2/c1-17(2,3)15-12-7-11(10-14)8-13(9-12)16-18(4,5)6/h7-9H,1-6H3. The molecule has 0 N–H and O–H groups in total. The lowest BCUT2D eigenvalue weighted by Gasteiger charge is -2.22. The van der Waals surface area contributed by atoms with E-state index in [4.69, 9.17) is 14.1 Å². The largest absolute Gasteiger partial charge is 0.544 e. The van der Waals surface area contributed by atoms with Crippen LogP contribution < -0.4 is 8.85 Å². The van der Waals surface area contributed by atoms with E-state index in [0.29, 0.717) is 5.56 Å². The molecule has 98 valence electrons. The van der Waals surface area contributed by atoms with E-state index in [1.807, 2.05) is 6.07 Å². The highest BCUT2D eigenvalue weighted by Crippen LogP contribution is 2.26. The van der Waals surface area contributed by atoms with Gasteiger partial charge in [0.2, 0.25) is 16.6 Å². The maximum Gasteiger partial charge on any atom is 0.242 e. The summed E-state index contributed by atoms with van der Waals surface area (Å²) in [6.07, 6.45) is 0. The van der Waals surface area contributed by atoms with Gasteiger partial charge in [-0.2, -0.15) is 5.26 Å². The van der Waals surface area contributed by atoms with Crippen molar-refractivity contribution in [2.45, 2.75) is 39.3 Å². The minimum absolute atomic E-state index is 0.582. The fourth-order valence-electron chi connectivity index (χ4n) is 1.46. The van der Waals surface area contributed by atoms with Gasteiger partial charge in [-0.15, -0.1) is 0 Å². The fourth-order valence-corrected chi connectivity index (χ4v) is 3.11. The molecule has 0 saturated carbocycles. The Balaban J connectivity index is 3.07. The SMILES string of the molecule is C[Si](C)(C)Oc1cc(C#N)cc(O[Si](C)(C)C)c1. The van der Waals surface area contributed by atoms with Crippen molar-refractivity contribution in [1.29, 1.82) is 5.26 Å². The zero-order valence-corrected chi connectivity index (χ0v) is 14.0. The molecule has 0 aliphatic heterocycles. The molecule has 0 atom stereocenters. The van der Waals surface area contributed by atoms with E-state index in [0.717, 1.165) is 11.5 Å². The van der Waals surface area contributed by atoms with Gasteiger partial charge in [0.05, 0.1) is 11.6 Å². The highest BCUT2D eigenvalue weighted by molar-refractivity contribution is 6.70. The number of nitrogens with zero attached hydrogens (tertiary/aromatic N) is 1. The number of hydrogen-bond acceptors (Lipinski definition) is 3. The van der Waals surface area contributed by atoms with Gasteiger partial charge in [0.25, 0.3) is 0 Å². The zero-order valence-electron chi connectivity index (χ0n) is 12.0. The minimum Gasteiger partial charge on any atom is -0.544 e. The van der Waals surface area contributed by atoms with Gasteiger partial charge in [-0.05, 0) is 51.4 Å². The topological polar surface area (TPSA) is 42.2 Å². The number of nitriles is 1. The van der Waals surface area contributed by atoms with Gasteiger partial charge >= 0.3 is 0 Å². The Morgan fingerprint density at radius 1 is 0.833 bits per heavy atom. The van der Waals surface area contributed by atoms with Gasteiger partial charge in [0.15, 0.2) is 0 Å². The Morgan fingerprint density at radius 3 is 1.50 bits per heavy atom. The molecular weight excluding hydrogens is 258 g/mol. The molecule has 3 nitrogen and oxygen atoms in total. The number of rotatable bonds is 4. The van der Waals surface area contributed by atoms with Crippen molar-refractivity contribution in [3.63, 3.8) is 0 Å². The molecule has 1 aromatic rings. The van der Waals surface area contributed by atoms with Crippen LogP contribution in [0.5, 0.6) is 11.5 Å². The molecule has 1 aromatic carbocycles. The summed E-state index contributed by atoms with van der Waals surface area (Å²) in [6, 6.07) is 7.58. The molecule has 0 spiro atoms. The lowest BCUT2D eigenvalue weighted by Crippen LogP contribution is -2.30. The van der Waals surface area contributed by atoms with Gasteiger partial charge in [-0.3, -0.25) is 0 Å². The third-order valence-electron chi connectivity index (χ3n) is 1.86. The molecule has 18 heavy (non-hydrogen) atoms. The van der Waals surface area contributed by atoms with Crippen LogP contribution in [0.2, 0.25) is 39.3 Å². The third-order valence-corrected chi connectivity index (χ3v) is 3.55. The molecule has 0 aliphatic carbocycles. The van der Waals surface area contributed by atoms with Crippen molar-refractivity contribution >= 4 is 16.6 Å². The molecule has 0 saturated heterocycles. The van der Waals surface area contributed by atoms with Crippen LogP contribution in [0.3, 0.4) is 0 Å². The van der Waals surface area contributed by atoms with Crippen LogP contribution in [0.25, 0.3) is 0 Å². The molecule has 0 aromatic heterocycles. The first-order valence-electron chi connectivity index (χ1n) is 6.02.